The van der Waals surface area contributed by atoms with Gasteiger partial charge >= 0.3 is 11.9 Å². The fourth-order valence-electron chi connectivity index (χ4n) is 2.18. The van der Waals surface area contributed by atoms with Crippen LogP contribution in [0, 0.1) is 0 Å². The van der Waals surface area contributed by atoms with E-state index in [0.29, 0.717) is 22.1 Å². The van der Waals surface area contributed by atoms with Crippen LogP contribution >= 0.6 is 11.3 Å². The van der Waals surface area contributed by atoms with Crippen molar-refractivity contribution in [2.75, 3.05) is 0 Å². The maximum Gasteiger partial charge on any atom is 0.308 e. The first kappa shape index (κ1) is 15.2. The molecule has 5 nitrogen and oxygen atoms in total. The van der Waals surface area contributed by atoms with Gasteiger partial charge in [0.05, 0.1) is 15.8 Å². The van der Waals surface area contributed by atoms with Crippen molar-refractivity contribution < 1.29 is 19.1 Å². The van der Waals surface area contributed by atoms with Crippen LogP contribution in [-0.2, 0) is 9.59 Å². The Hall–Kier alpha value is -2.73. The summed E-state index contributed by atoms with van der Waals surface area (Å²) in [5, 5.41) is 0.624. The highest BCUT2D eigenvalue weighted by molar-refractivity contribution is 7.21. The van der Waals surface area contributed by atoms with E-state index in [9.17, 15) is 9.59 Å². The van der Waals surface area contributed by atoms with E-state index < -0.39 is 11.9 Å². The van der Waals surface area contributed by atoms with Crippen LogP contribution in [0.2, 0.25) is 0 Å². The molecule has 0 aliphatic heterocycles. The molecule has 0 saturated carbocycles. The van der Waals surface area contributed by atoms with Gasteiger partial charge in [0.25, 0.3) is 0 Å². The third-order valence-electron chi connectivity index (χ3n) is 3.00. The smallest absolute Gasteiger partial charge is 0.308 e. The quantitative estimate of drug-likeness (QED) is 0.540. The van der Waals surface area contributed by atoms with Crippen LogP contribution in [0.1, 0.15) is 13.8 Å². The topological polar surface area (TPSA) is 65.5 Å². The number of carbonyl (C=O) groups is 2. The summed E-state index contributed by atoms with van der Waals surface area (Å²) in [7, 11) is 0. The van der Waals surface area contributed by atoms with Crippen molar-refractivity contribution in [1.29, 1.82) is 0 Å². The van der Waals surface area contributed by atoms with E-state index in [1.807, 2.05) is 24.3 Å². The molecule has 1 aromatic heterocycles. The van der Waals surface area contributed by atoms with E-state index in [-0.39, 0.29) is 0 Å². The van der Waals surface area contributed by atoms with E-state index >= 15 is 0 Å². The largest absolute Gasteiger partial charge is 0.426 e. The minimum atomic E-state index is -0.452. The minimum Gasteiger partial charge on any atom is -0.426 e. The van der Waals surface area contributed by atoms with Gasteiger partial charge in [-0.05, 0) is 24.3 Å². The van der Waals surface area contributed by atoms with Crippen LogP contribution in [0.25, 0.3) is 20.8 Å². The molecule has 0 fully saturated rings. The van der Waals surface area contributed by atoms with Gasteiger partial charge in [-0.25, -0.2) is 4.98 Å². The second kappa shape index (κ2) is 6.18. The molecule has 0 unspecified atom stereocenters. The molecule has 0 amide bonds. The van der Waals surface area contributed by atoms with Gasteiger partial charge < -0.3 is 9.47 Å². The summed E-state index contributed by atoms with van der Waals surface area (Å²) in [6, 6.07) is 12.6. The number of carbonyl (C=O) groups excluding carboxylic acids is 2. The molecule has 0 atom stereocenters. The highest BCUT2D eigenvalue weighted by Crippen LogP contribution is 2.42. The lowest BCUT2D eigenvalue weighted by atomic mass is 10.2. The van der Waals surface area contributed by atoms with Crippen LogP contribution in [0.15, 0.2) is 42.5 Å². The Morgan fingerprint density at radius 1 is 0.913 bits per heavy atom. The normalized spacial score (nSPS) is 10.5. The Morgan fingerprint density at radius 3 is 2.09 bits per heavy atom. The van der Waals surface area contributed by atoms with Crippen molar-refractivity contribution in [2.45, 2.75) is 13.8 Å². The van der Waals surface area contributed by atoms with Gasteiger partial charge in [0.1, 0.15) is 16.5 Å². The van der Waals surface area contributed by atoms with E-state index in [1.165, 1.54) is 25.2 Å². The van der Waals surface area contributed by atoms with Gasteiger partial charge in [0.15, 0.2) is 0 Å². The molecule has 116 valence electrons. The Morgan fingerprint density at radius 2 is 1.52 bits per heavy atom. The van der Waals surface area contributed by atoms with Crippen LogP contribution in [-0.4, -0.2) is 16.9 Å². The first-order chi connectivity index (χ1) is 11.0. The number of para-hydroxylation sites is 1. The van der Waals surface area contributed by atoms with Crippen molar-refractivity contribution in [2.24, 2.45) is 0 Å². The molecular formula is C17H13NO4S. The third-order valence-corrected chi connectivity index (χ3v) is 4.06. The second-order valence-corrected chi connectivity index (χ2v) is 5.83. The molecule has 2 aromatic carbocycles. The Bertz CT molecular complexity index is 833. The Labute approximate surface area is 136 Å². The number of thiazole rings is 1. The lowest BCUT2D eigenvalue weighted by molar-refractivity contribution is -0.132. The van der Waals surface area contributed by atoms with Gasteiger partial charge in [-0.3, -0.25) is 9.59 Å². The summed E-state index contributed by atoms with van der Waals surface area (Å²) in [6.45, 7) is 2.64. The third kappa shape index (κ3) is 3.22. The minimum absolute atomic E-state index is 0.315. The van der Waals surface area contributed by atoms with Crippen molar-refractivity contribution in [3.8, 4) is 22.1 Å². The maximum absolute atomic E-state index is 11.4. The number of aromatic nitrogens is 1. The monoisotopic (exact) mass is 327 g/mol. The molecule has 3 aromatic rings. The predicted octanol–water partition coefficient (Wildman–Crippen LogP) is 3.81. The fourth-order valence-corrected chi connectivity index (χ4v) is 3.20. The van der Waals surface area contributed by atoms with Crippen LogP contribution in [0.3, 0.4) is 0 Å². The molecule has 0 saturated heterocycles. The SMILES string of the molecule is CC(=O)Oc1cccc(OC(C)=O)c1-c1nc2ccccc2s1. The maximum atomic E-state index is 11.4. The summed E-state index contributed by atoms with van der Waals surface area (Å²) < 4.78 is 11.5. The number of rotatable bonds is 3. The van der Waals surface area contributed by atoms with Gasteiger partial charge in [-0.15, -0.1) is 11.3 Å². The molecule has 1 heterocycles. The number of hydrogen-bond donors (Lipinski definition) is 0. The second-order valence-electron chi connectivity index (χ2n) is 4.80. The average Bonchev–Trinajstić information content (AvgIpc) is 2.89. The van der Waals surface area contributed by atoms with E-state index in [4.69, 9.17) is 9.47 Å². The van der Waals surface area contributed by atoms with Crippen molar-refractivity contribution in [3.05, 3.63) is 42.5 Å². The number of esters is 2. The fraction of sp³-hybridized carbons (Fsp3) is 0.118. The van der Waals surface area contributed by atoms with Gasteiger partial charge in [0.2, 0.25) is 0 Å². The number of ether oxygens (including phenoxy) is 2. The average molecular weight is 327 g/mol. The van der Waals surface area contributed by atoms with Crippen molar-refractivity contribution >= 4 is 33.5 Å². The Kier molecular flexibility index (Phi) is 4.08. The zero-order valence-corrected chi connectivity index (χ0v) is 13.3. The van der Waals surface area contributed by atoms with Crippen LogP contribution in [0.4, 0.5) is 0 Å². The number of benzene rings is 2. The molecular weight excluding hydrogens is 314 g/mol. The Balaban J connectivity index is 2.20. The summed E-state index contributed by atoms with van der Waals surface area (Å²) in [5.74, 6) is -0.273. The van der Waals surface area contributed by atoms with Gasteiger partial charge in [-0.1, -0.05) is 18.2 Å². The van der Waals surface area contributed by atoms with Crippen LogP contribution in [0.5, 0.6) is 11.5 Å². The highest BCUT2D eigenvalue weighted by Gasteiger charge is 2.19. The molecule has 23 heavy (non-hydrogen) atoms. The first-order valence-corrected chi connectivity index (χ1v) is 7.72. The molecule has 0 radical (unpaired) electrons. The molecule has 6 heteroatoms. The molecule has 0 bridgehead atoms. The number of nitrogens with zero attached hydrogens (tertiary/aromatic N) is 1. The van der Waals surface area contributed by atoms with Crippen LogP contribution < -0.4 is 9.47 Å². The zero-order valence-electron chi connectivity index (χ0n) is 12.5. The predicted molar refractivity (Wildman–Crippen MR) is 87.7 cm³/mol. The molecule has 0 N–H and O–H groups in total. The van der Waals surface area contributed by atoms with E-state index in [1.54, 1.807) is 18.2 Å². The van der Waals surface area contributed by atoms with Crippen molar-refractivity contribution in [3.63, 3.8) is 0 Å². The summed E-state index contributed by atoms with van der Waals surface area (Å²) in [4.78, 5) is 27.3. The summed E-state index contributed by atoms with van der Waals surface area (Å²) in [6.07, 6.45) is 0. The van der Waals surface area contributed by atoms with E-state index in [2.05, 4.69) is 4.98 Å². The number of fused-ring (bicyclic) bond motifs is 1. The standard InChI is InChI=1S/C17H13NO4S/c1-10(19)21-13-7-5-8-14(22-11(2)20)16(13)17-18-12-6-3-4-9-15(12)23-17/h3-9H,1-2H3. The summed E-state index contributed by atoms with van der Waals surface area (Å²) >= 11 is 1.44. The number of hydrogen-bond acceptors (Lipinski definition) is 6. The molecule has 0 spiro atoms. The first-order valence-electron chi connectivity index (χ1n) is 6.90. The highest BCUT2D eigenvalue weighted by atomic mass is 32.1. The summed E-state index contributed by atoms with van der Waals surface area (Å²) in [5.41, 5.74) is 1.33. The lowest BCUT2D eigenvalue weighted by Crippen LogP contribution is -2.06. The molecule has 0 aliphatic rings. The van der Waals surface area contributed by atoms with Crippen molar-refractivity contribution in [1.82, 2.24) is 4.98 Å². The van der Waals surface area contributed by atoms with Gasteiger partial charge in [0, 0.05) is 13.8 Å². The van der Waals surface area contributed by atoms with Gasteiger partial charge in [-0.2, -0.15) is 0 Å². The lowest BCUT2D eigenvalue weighted by Gasteiger charge is -2.11. The molecule has 3 rings (SSSR count). The van der Waals surface area contributed by atoms with E-state index in [0.717, 1.165) is 10.2 Å². The zero-order chi connectivity index (χ0) is 16.4. The molecule has 0 aliphatic carbocycles.